The van der Waals surface area contributed by atoms with Crippen LogP contribution in [0.2, 0.25) is 0 Å². The van der Waals surface area contributed by atoms with Crippen molar-refractivity contribution < 1.29 is 9.53 Å². The van der Waals surface area contributed by atoms with Gasteiger partial charge in [-0.2, -0.15) is 0 Å². The Balaban J connectivity index is 1.44. The maximum atomic E-state index is 12.0. The lowest BCUT2D eigenvalue weighted by molar-refractivity contribution is 0.0600. The number of anilines is 1. The number of carbonyl (C=O) groups excluding carboxylic acids is 1. The number of rotatable bonds is 3. The van der Waals surface area contributed by atoms with E-state index >= 15 is 0 Å². The number of nitrogens with zero attached hydrogens (tertiary/aromatic N) is 2. The quantitative estimate of drug-likeness (QED) is 0.803. The van der Waals surface area contributed by atoms with Gasteiger partial charge in [-0.05, 0) is 56.3 Å². The first-order valence-corrected chi connectivity index (χ1v) is 11.3. The number of hydrogen-bond donors (Lipinski definition) is 1. The summed E-state index contributed by atoms with van der Waals surface area (Å²) in [5.41, 5.74) is 2.35. The highest BCUT2D eigenvalue weighted by Gasteiger charge is 2.43. The number of benzene rings is 1. The summed E-state index contributed by atoms with van der Waals surface area (Å²) in [6.45, 7) is 3.53. The first kappa shape index (κ1) is 17.8. The molecule has 0 aromatic heterocycles. The minimum atomic E-state index is -0.243. The predicted octanol–water partition coefficient (Wildman–Crippen LogP) is 3.30. The molecule has 27 heavy (non-hydrogen) atoms. The summed E-state index contributed by atoms with van der Waals surface area (Å²) in [5, 5.41) is 3.68. The molecular formula is C21H29N3O2S. The fourth-order valence-electron chi connectivity index (χ4n) is 5.44. The van der Waals surface area contributed by atoms with Crippen LogP contribution in [0.5, 0.6) is 0 Å². The van der Waals surface area contributed by atoms with Gasteiger partial charge in [-0.15, -0.1) is 0 Å². The van der Waals surface area contributed by atoms with Gasteiger partial charge in [-0.1, -0.05) is 24.6 Å². The number of nitrogens with one attached hydrogen (secondary N) is 1. The zero-order chi connectivity index (χ0) is 18.4. The Morgan fingerprint density at radius 2 is 2.07 bits per heavy atom. The molecule has 5 rings (SSSR count). The van der Waals surface area contributed by atoms with Gasteiger partial charge in [0, 0.05) is 30.1 Å². The topological polar surface area (TPSA) is 44.8 Å². The number of esters is 1. The van der Waals surface area contributed by atoms with Crippen LogP contribution in [0.25, 0.3) is 0 Å². The van der Waals surface area contributed by atoms with Gasteiger partial charge in [-0.25, -0.2) is 4.79 Å². The highest BCUT2D eigenvalue weighted by molar-refractivity contribution is 8.00. The Morgan fingerprint density at radius 3 is 2.89 bits per heavy atom. The molecule has 1 aliphatic carbocycles. The van der Waals surface area contributed by atoms with Gasteiger partial charge in [0.2, 0.25) is 0 Å². The molecule has 1 saturated carbocycles. The van der Waals surface area contributed by atoms with Gasteiger partial charge in [0.25, 0.3) is 0 Å². The van der Waals surface area contributed by atoms with Crippen LogP contribution in [0.4, 0.5) is 5.69 Å². The van der Waals surface area contributed by atoms with Crippen molar-refractivity contribution >= 4 is 23.4 Å². The van der Waals surface area contributed by atoms with E-state index in [2.05, 4.69) is 21.2 Å². The average Bonchev–Trinajstić information content (AvgIpc) is 3.44. The molecule has 4 aliphatic rings. The van der Waals surface area contributed by atoms with Crippen LogP contribution in [0.15, 0.2) is 23.1 Å². The lowest BCUT2D eigenvalue weighted by Gasteiger charge is -2.43. The van der Waals surface area contributed by atoms with Crippen LogP contribution in [0, 0.1) is 5.92 Å². The molecule has 3 heterocycles. The Morgan fingerprint density at radius 1 is 1.22 bits per heavy atom. The minimum absolute atomic E-state index is 0.243. The summed E-state index contributed by atoms with van der Waals surface area (Å²) in [6, 6.07) is 7.48. The molecule has 1 aromatic carbocycles. The minimum Gasteiger partial charge on any atom is -0.465 e. The summed E-state index contributed by atoms with van der Waals surface area (Å²) in [7, 11) is 1.45. The molecular weight excluding hydrogens is 358 g/mol. The van der Waals surface area contributed by atoms with Crippen LogP contribution >= 0.6 is 11.8 Å². The lowest BCUT2D eigenvalue weighted by atomic mass is 9.93. The smallest absolute Gasteiger partial charge is 0.337 e. The fraction of sp³-hybridized carbons (Fsp3) is 0.667. The Hall–Kier alpha value is -1.24. The molecule has 5 nitrogen and oxygen atoms in total. The van der Waals surface area contributed by atoms with Crippen molar-refractivity contribution in [3.8, 4) is 0 Å². The molecule has 1 aromatic rings. The molecule has 1 N–H and O–H groups in total. The zero-order valence-corrected chi connectivity index (χ0v) is 16.8. The average molecular weight is 388 g/mol. The highest BCUT2D eigenvalue weighted by atomic mass is 32.2. The molecule has 6 heteroatoms. The lowest BCUT2D eigenvalue weighted by Crippen LogP contribution is -2.54. The summed E-state index contributed by atoms with van der Waals surface area (Å²) in [5.74, 6) is 0.547. The van der Waals surface area contributed by atoms with Crippen LogP contribution < -0.4 is 10.2 Å². The van der Waals surface area contributed by atoms with Gasteiger partial charge < -0.3 is 15.0 Å². The van der Waals surface area contributed by atoms with Crippen molar-refractivity contribution in [3.05, 3.63) is 23.8 Å². The Bertz CT molecular complexity index is 721. The predicted molar refractivity (Wildman–Crippen MR) is 108 cm³/mol. The third-order valence-electron chi connectivity index (χ3n) is 6.85. The third kappa shape index (κ3) is 3.15. The standard InChI is InChI=1S/C21H29N3O2S/c1-26-20(25)14-6-7-18-19(12-14)27-21(24(18)16-4-2-3-5-16)23-11-9-17-15(13-23)8-10-22-17/h6-7,12,15-17,21-22H,2-5,8-11,13H2,1H3. The van der Waals surface area contributed by atoms with E-state index in [1.807, 2.05) is 23.9 Å². The first-order valence-electron chi connectivity index (χ1n) is 10.4. The zero-order valence-electron chi connectivity index (χ0n) is 16.0. The van der Waals surface area contributed by atoms with Crippen molar-refractivity contribution in [3.63, 3.8) is 0 Å². The van der Waals surface area contributed by atoms with E-state index in [-0.39, 0.29) is 5.97 Å². The van der Waals surface area contributed by atoms with E-state index in [0.717, 1.165) is 18.5 Å². The van der Waals surface area contributed by atoms with Crippen molar-refractivity contribution in [2.45, 2.75) is 61.0 Å². The monoisotopic (exact) mass is 387 g/mol. The number of ether oxygens (including phenoxy) is 1. The van der Waals surface area contributed by atoms with E-state index in [1.165, 1.54) is 69.3 Å². The van der Waals surface area contributed by atoms with Crippen molar-refractivity contribution in [2.75, 3.05) is 31.6 Å². The second kappa shape index (κ2) is 7.30. The maximum Gasteiger partial charge on any atom is 0.337 e. The van der Waals surface area contributed by atoms with E-state index in [1.54, 1.807) is 0 Å². The van der Waals surface area contributed by atoms with Crippen LogP contribution in [-0.2, 0) is 4.74 Å². The number of carbonyl (C=O) groups is 1. The molecule has 2 saturated heterocycles. The second-order valence-electron chi connectivity index (χ2n) is 8.36. The summed E-state index contributed by atoms with van der Waals surface area (Å²) in [4.78, 5) is 18.6. The van der Waals surface area contributed by atoms with Crippen molar-refractivity contribution in [1.29, 1.82) is 0 Å². The molecule has 0 radical (unpaired) electrons. The fourth-order valence-corrected chi connectivity index (χ4v) is 6.90. The molecule has 146 valence electrons. The molecule has 3 fully saturated rings. The molecule has 3 unspecified atom stereocenters. The number of fused-ring (bicyclic) bond motifs is 2. The second-order valence-corrected chi connectivity index (χ2v) is 9.45. The SMILES string of the molecule is COC(=O)c1ccc2c(c1)SC(N1CCC3NCCC3C1)N2C1CCCC1. The molecule has 3 atom stereocenters. The highest BCUT2D eigenvalue weighted by Crippen LogP contribution is 2.49. The van der Waals surface area contributed by atoms with E-state index in [9.17, 15) is 4.79 Å². The van der Waals surface area contributed by atoms with Crippen LogP contribution in [-0.4, -0.2) is 55.2 Å². The van der Waals surface area contributed by atoms with E-state index < -0.39 is 0 Å². The number of methoxy groups -OCH3 is 1. The molecule has 0 spiro atoms. The van der Waals surface area contributed by atoms with Gasteiger partial charge in [-0.3, -0.25) is 4.90 Å². The van der Waals surface area contributed by atoms with Gasteiger partial charge in [0.05, 0.1) is 18.4 Å². The Kier molecular flexibility index (Phi) is 4.82. The largest absolute Gasteiger partial charge is 0.465 e. The molecule has 0 bridgehead atoms. The molecule has 0 amide bonds. The number of likely N-dealkylation sites (tertiary alicyclic amines) is 1. The molecule has 3 aliphatic heterocycles. The van der Waals surface area contributed by atoms with E-state index in [4.69, 9.17) is 4.74 Å². The summed E-state index contributed by atoms with van der Waals surface area (Å²) in [6.07, 6.45) is 7.81. The summed E-state index contributed by atoms with van der Waals surface area (Å²) < 4.78 is 4.93. The van der Waals surface area contributed by atoms with E-state index in [0.29, 0.717) is 17.1 Å². The number of thioether (sulfide) groups is 1. The maximum absolute atomic E-state index is 12.0. The van der Waals surface area contributed by atoms with Crippen LogP contribution in [0.3, 0.4) is 0 Å². The Labute approximate surface area is 165 Å². The van der Waals surface area contributed by atoms with Crippen molar-refractivity contribution in [1.82, 2.24) is 10.2 Å². The van der Waals surface area contributed by atoms with Crippen molar-refractivity contribution in [2.24, 2.45) is 5.92 Å². The normalized spacial score (nSPS) is 31.1. The van der Waals surface area contributed by atoms with Gasteiger partial charge in [0.15, 0.2) is 0 Å². The number of piperidine rings is 1. The van der Waals surface area contributed by atoms with Crippen LogP contribution in [0.1, 0.15) is 48.9 Å². The van der Waals surface area contributed by atoms with Gasteiger partial charge in [0.1, 0.15) is 5.50 Å². The first-order chi connectivity index (χ1) is 13.2. The number of hydrogen-bond acceptors (Lipinski definition) is 6. The summed E-state index contributed by atoms with van der Waals surface area (Å²) >= 11 is 1.94. The third-order valence-corrected chi connectivity index (χ3v) is 8.16. The van der Waals surface area contributed by atoms with Gasteiger partial charge >= 0.3 is 5.97 Å².